The lowest BCUT2D eigenvalue weighted by molar-refractivity contribution is 1.16. The van der Waals surface area contributed by atoms with Gasteiger partial charge in [0.2, 0.25) is 0 Å². The van der Waals surface area contributed by atoms with Gasteiger partial charge in [-0.3, -0.25) is 0 Å². The topological polar surface area (TPSA) is 9.86 Å². The number of nitrogens with zero attached hydrogens (tertiary/aromatic N) is 2. The van der Waals surface area contributed by atoms with Gasteiger partial charge in [0.25, 0.3) is 0 Å². The van der Waals surface area contributed by atoms with Gasteiger partial charge in [-0.05, 0) is 63.7 Å². The minimum atomic E-state index is 1.15. The van der Waals surface area contributed by atoms with Crippen LogP contribution in [0.5, 0.6) is 0 Å². The van der Waals surface area contributed by atoms with E-state index >= 15 is 0 Å². The van der Waals surface area contributed by atoms with Crippen molar-refractivity contribution in [1.29, 1.82) is 0 Å². The summed E-state index contributed by atoms with van der Waals surface area (Å²) in [6, 6.07) is 62.0. The molecular weight excluding hydrogens is 556 g/mol. The standard InChI is InChI=1S/C44H28N2/c1-2-13-31-27-33(24-23-29(31)11-1)32-15-9-16-34(28-32)45-41-20-7-5-18-36(41)38-25-26-39-37-19-6-8-21-42(37)46(44(39)43(38)45)40-22-10-14-30-12-3-4-17-35(30)40/h1-28H. The Bertz CT molecular complexity index is 2810. The normalized spacial score (nSPS) is 11.9. The highest BCUT2D eigenvalue weighted by Crippen LogP contribution is 2.43. The van der Waals surface area contributed by atoms with Crippen LogP contribution in [0, 0.1) is 0 Å². The van der Waals surface area contributed by atoms with Crippen LogP contribution >= 0.6 is 0 Å². The van der Waals surface area contributed by atoms with Gasteiger partial charge in [0.15, 0.2) is 0 Å². The minimum Gasteiger partial charge on any atom is -0.307 e. The molecule has 0 fully saturated rings. The molecule has 46 heavy (non-hydrogen) atoms. The van der Waals surface area contributed by atoms with Gasteiger partial charge in [0, 0.05) is 32.6 Å². The van der Waals surface area contributed by atoms with Gasteiger partial charge in [-0.15, -0.1) is 0 Å². The van der Waals surface area contributed by atoms with Crippen LogP contribution in [0.4, 0.5) is 0 Å². The Kier molecular flexibility index (Phi) is 5.31. The van der Waals surface area contributed by atoms with Crippen LogP contribution in [0.1, 0.15) is 0 Å². The van der Waals surface area contributed by atoms with E-state index in [2.05, 4.69) is 179 Å². The zero-order chi connectivity index (χ0) is 30.2. The van der Waals surface area contributed by atoms with E-state index in [1.165, 1.54) is 82.0 Å². The van der Waals surface area contributed by atoms with Crippen LogP contribution in [0.15, 0.2) is 170 Å². The number of rotatable bonds is 3. The van der Waals surface area contributed by atoms with Crippen molar-refractivity contribution < 1.29 is 0 Å². The second-order valence-electron chi connectivity index (χ2n) is 12.2. The summed E-state index contributed by atoms with van der Waals surface area (Å²) in [7, 11) is 0. The Balaban J connectivity index is 1.35. The van der Waals surface area contributed by atoms with Gasteiger partial charge in [-0.1, -0.05) is 133 Å². The zero-order valence-electron chi connectivity index (χ0n) is 25.1. The van der Waals surface area contributed by atoms with E-state index in [-0.39, 0.29) is 0 Å². The largest absolute Gasteiger partial charge is 0.307 e. The van der Waals surface area contributed by atoms with Crippen molar-refractivity contribution in [3.8, 4) is 22.5 Å². The molecule has 0 radical (unpaired) electrons. The molecule has 0 atom stereocenters. The zero-order valence-corrected chi connectivity index (χ0v) is 25.1. The molecule has 0 spiro atoms. The molecule has 0 bridgehead atoms. The van der Waals surface area contributed by atoms with Crippen LogP contribution in [-0.4, -0.2) is 9.13 Å². The average Bonchev–Trinajstić information content (AvgIpc) is 3.64. The van der Waals surface area contributed by atoms with Gasteiger partial charge in [-0.2, -0.15) is 0 Å². The fourth-order valence-corrected chi connectivity index (χ4v) is 7.62. The second-order valence-corrected chi connectivity index (χ2v) is 12.2. The third kappa shape index (κ3) is 3.59. The summed E-state index contributed by atoms with van der Waals surface area (Å²) in [6.45, 7) is 0. The number of aromatic nitrogens is 2. The van der Waals surface area contributed by atoms with Crippen molar-refractivity contribution in [3.63, 3.8) is 0 Å². The summed E-state index contributed by atoms with van der Waals surface area (Å²) in [5.74, 6) is 0. The Hall–Kier alpha value is -6.12. The second kappa shape index (κ2) is 9.69. The predicted molar refractivity (Wildman–Crippen MR) is 196 cm³/mol. The van der Waals surface area contributed by atoms with Gasteiger partial charge in [-0.25, -0.2) is 0 Å². The molecule has 0 unspecified atom stereocenters. The van der Waals surface area contributed by atoms with E-state index in [9.17, 15) is 0 Å². The van der Waals surface area contributed by atoms with Crippen molar-refractivity contribution in [2.75, 3.05) is 0 Å². The number of fused-ring (bicyclic) bond motifs is 9. The molecule has 0 amide bonds. The highest BCUT2D eigenvalue weighted by atomic mass is 15.0. The monoisotopic (exact) mass is 584 g/mol. The number of benzene rings is 8. The average molecular weight is 585 g/mol. The van der Waals surface area contributed by atoms with Gasteiger partial charge in [0.05, 0.1) is 27.8 Å². The Morgan fingerprint density at radius 1 is 0.304 bits per heavy atom. The summed E-state index contributed by atoms with van der Waals surface area (Å²) in [4.78, 5) is 0. The fraction of sp³-hybridized carbons (Fsp3) is 0. The van der Waals surface area contributed by atoms with Gasteiger partial charge in [0.1, 0.15) is 0 Å². The van der Waals surface area contributed by atoms with Crippen LogP contribution in [0.25, 0.3) is 87.7 Å². The first kappa shape index (κ1) is 25.2. The molecule has 10 aromatic rings. The summed E-state index contributed by atoms with van der Waals surface area (Å²) in [5, 5.41) is 10.0. The summed E-state index contributed by atoms with van der Waals surface area (Å²) >= 11 is 0. The maximum atomic E-state index is 2.50. The van der Waals surface area contributed by atoms with Crippen molar-refractivity contribution in [2.45, 2.75) is 0 Å². The third-order valence-electron chi connectivity index (χ3n) is 9.66. The number of hydrogen-bond acceptors (Lipinski definition) is 0. The molecule has 10 rings (SSSR count). The number of hydrogen-bond donors (Lipinski definition) is 0. The van der Waals surface area contributed by atoms with E-state index < -0.39 is 0 Å². The maximum Gasteiger partial charge on any atom is 0.0789 e. The predicted octanol–water partition coefficient (Wildman–Crippen LogP) is 11.9. The molecule has 2 heteroatoms. The Labute approximate surface area is 266 Å². The van der Waals surface area contributed by atoms with E-state index in [1.807, 2.05) is 0 Å². The molecule has 0 saturated carbocycles. The van der Waals surface area contributed by atoms with Gasteiger partial charge >= 0.3 is 0 Å². The van der Waals surface area contributed by atoms with E-state index in [1.54, 1.807) is 0 Å². The fourth-order valence-electron chi connectivity index (χ4n) is 7.62. The highest BCUT2D eigenvalue weighted by Gasteiger charge is 2.21. The number of para-hydroxylation sites is 2. The Morgan fingerprint density at radius 3 is 1.65 bits per heavy atom. The van der Waals surface area contributed by atoms with E-state index in [0.29, 0.717) is 0 Å². The lowest BCUT2D eigenvalue weighted by atomic mass is 10.0. The molecule has 214 valence electrons. The third-order valence-corrected chi connectivity index (χ3v) is 9.66. The highest BCUT2D eigenvalue weighted by molar-refractivity contribution is 6.24. The van der Waals surface area contributed by atoms with E-state index in [0.717, 1.165) is 5.69 Å². The first-order valence-corrected chi connectivity index (χ1v) is 15.9. The minimum absolute atomic E-state index is 1.15. The molecule has 8 aromatic carbocycles. The van der Waals surface area contributed by atoms with Crippen molar-refractivity contribution >= 4 is 65.2 Å². The summed E-state index contributed by atoms with van der Waals surface area (Å²) in [5.41, 5.74) is 9.63. The molecule has 0 N–H and O–H groups in total. The van der Waals surface area contributed by atoms with Crippen molar-refractivity contribution in [3.05, 3.63) is 170 Å². The smallest absolute Gasteiger partial charge is 0.0789 e. The van der Waals surface area contributed by atoms with Crippen LogP contribution in [-0.2, 0) is 0 Å². The molecule has 2 aromatic heterocycles. The van der Waals surface area contributed by atoms with Crippen LogP contribution in [0.3, 0.4) is 0 Å². The molecular formula is C44H28N2. The first-order valence-electron chi connectivity index (χ1n) is 15.9. The summed E-state index contributed by atoms with van der Waals surface area (Å²) < 4.78 is 4.98. The molecule has 0 aliphatic rings. The lowest BCUT2D eigenvalue weighted by Crippen LogP contribution is -1.99. The van der Waals surface area contributed by atoms with Crippen LogP contribution in [0.2, 0.25) is 0 Å². The Morgan fingerprint density at radius 2 is 0.870 bits per heavy atom. The van der Waals surface area contributed by atoms with Gasteiger partial charge < -0.3 is 9.13 Å². The van der Waals surface area contributed by atoms with E-state index in [4.69, 9.17) is 0 Å². The molecule has 2 nitrogen and oxygen atoms in total. The quantitative estimate of drug-likeness (QED) is 0.195. The molecule has 0 aliphatic heterocycles. The maximum absolute atomic E-state index is 2.50. The van der Waals surface area contributed by atoms with Crippen LogP contribution < -0.4 is 0 Å². The summed E-state index contributed by atoms with van der Waals surface area (Å²) in [6.07, 6.45) is 0. The van der Waals surface area contributed by atoms with Crippen molar-refractivity contribution in [1.82, 2.24) is 9.13 Å². The molecule has 0 aliphatic carbocycles. The van der Waals surface area contributed by atoms with Crippen molar-refractivity contribution in [2.24, 2.45) is 0 Å². The molecule has 2 heterocycles. The first-order chi connectivity index (χ1) is 22.8. The SMILES string of the molecule is c1cc(-c2ccc3ccccc3c2)cc(-n2c3ccccc3c3ccc4c5ccccc5n(-c5cccc6ccccc56)c4c32)c1. The molecule has 0 saturated heterocycles. The lowest BCUT2D eigenvalue weighted by Gasteiger charge is -2.15.